The van der Waals surface area contributed by atoms with Crippen LogP contribution in [-0.4, -0.2) is 11.0 Å². The molecule has 0 amide bonds. The van der Waals surface area contributed by atoms with Crippen molar-refractivity contribution in [2.75, 3.05) is 0 Å². The molecule has 0 radical (unpaired) electrons. The molecule has 1 aromatic rings. The van der Waals surface area contributed by atoms with Crippen LogP contribution in [0.4, 0.5) is 0 Å². The monoisotopic (exact) mass is 264 g/mol. The van der Waals surface area contributed by atoms with Crippen LogP contribution in [0.1, 0.15) is 49.9 Å². The SMILES string of the molecule is Cc1ncc(CNC2C3(C)CCC(C3)C2(C)C)s1. The summed E-state index contributed by atoms with van der Waals surface area (Å²) in [5.41, 5.74) is 0.973. The molecule has 1 aromatic heterocycles. The van der Waals surface area contributed by atoms with E-state index in [1.807, 2.05) is 17.5 Å². The molecule has 1 N–H and O–H groups in total. The van der Waals surface area contributed by atoms with E-state index in [0.29, 0.717) is 16.9 Å². The summed E-state index contributed by atoms with van der Waals surface area (Å²) in [4.78, 5) is 5.71. The van der Waals surface area contributed by atoms with Gasteiger partial charge in [-0.1, -0.05) is 20.8 Å². The van der Waals surface area contributed by atoms with Gasteiger partial charge in [-0.05, 0) is 42.9 Å². The van der Waals surface area contributed by atoms with Gasteiger partial charge in [-0.25, -0.2) is 4.98 Å². The Balaban J connectivity index is 1.72. The minimum Gasteiger partial charge on any atom is -0.308 e. The number of hydrogen-bond acceptors (Lipinski definition) is 3. The molecule has 3 heteroatoms. The lowest BCUT2D eigenvalue weighted by molar-refractivity contribution is 0.108. The standard InChI is InChI=1S/C15H24N2S/c1-10-16-8-12(18-10)9-17-13-14(2,3)11-5-6-15(13,4)7-11/h8,11,13,17H,5-7,9H2,1-4H3. The molecule has 2 nitrogen and oxygen atoms in total. The van der Waals surface area contributed by atoms with Crippen LogP contribution in [0.15, 0.2) is 6.20 Å². The predicted octanol–water partition coefficient (Wildman–Crippen LogP) is 3.76. The number of nitrogens with one attached hydrogen (secondary N) is 1. The minimum atomic E-state index is 0.451. The zero-order chi connectivity index (χ0) is 13.0. The summed E-state index contributed by atoms with van der Waals surface area (Å²) in [5, 5.41) is 5.02. The third-order valence-corrected chi connectivity index (χ3v) is 6.33. The molecule has 2 aliphatic rings. The summed E-state index contributed by atoms with van der Waals surface area (Å²) in [6.45, 7) is 10.5. The molecule has 0 aromatic carbocycles. The van der Waals surface area contributed by atoms with Crippen LogP contribution in [0.2, 0.25) is 0 Å². The van der Waals surface area contributed by atoms with Gasteiger partial charge in [0, 0.05) is 23.7 Å². The molecule has 0 spiro atoms. The van der Waals surface area contributed by atoms with Crippen LogP contribution in [0.25, 0.3) is 0 Å². The van der Waals surface area contributed by atoms with Gasteiger partial charge in [-0.3, -0.25) is 0 Å². The Morgan fingerprint density at radius 1 is 1.44 bits per heavy atom. The zero-order valence-corrected chi connectivity index (χ0v) is 12.7. The van der Waals surface area contributed by atoms with Crippen molar-refractivity contribution in [3.05, 3.63) is 16.1 Å². The summed E-state index contributed by atoms with van der Waals surface area (Å²) < 4.78 is 0. The highest BCUT2D eigenvalue weighted by Crippen LogP contribution is 2.62. The number of aryl methyl sites for hydroxylation is 1. The summed E-state index contributed by atoms with van der Waals surface area (Å²) in [6, 6.07) is 0.658. The molecule has 2 fully saturated rings. The Morgan fingerprint density at radius 3 is 2.78 bits per heavy atom. The first-order valence-electron chi connectivity index (χ1n) is 7.06. The van der Waals surface area contributed by atoms with Crippen molar-refractivity contribution in [3.8, 4) is 0 Å². The highest BCUT2D eigenvalue weighted by molar-refractivity contribution is 7.11. The van der Waals surface area contributed by atoms with Gasteiger partial charge in [0.05, 0.1) is 5.01 Å². The van der Waals surface area contributed by atoms with Crippen LogP contribution in [-0.2, 0) is 6.54 Å². The van der Waals surface area contributed by atoms with Crippen molar-refractivity contribution in [3.63, 3.8) is 0 Å². The Kier molecular flexibility index (Phi) is 2.83. The first-order valence-corrected chi connectivity index (χ1v) is 7.88. The van der Waals surface area contributed by atoms with E-state index in [0.717, 1.165) is 12.5 Å². The Bertz CT molecular complexity index is 446. The van der Waals surface area contributed by atoms with Crippen LogP contribution in [0, 0.1) is 23.7 Å². The Hall–Kier alpha value is -0.410. The van der Waals surface area contributed by atoms with Gasteiger partial charge in [0.2, 0.25) is 0 Å². The Morgan fingerprint density at radius 2 is 2.22 bits per heavy atom. The molecule has 3 atom stereocenters. The summed E-state index contributed by atoms with van der Waals surface area (Å²) in [7, 11) is 0. The normalized spacial score (nSPS) is 37.3. The maximum atomic E-state index is 4.34. The molecular formula is C15H24N2S. The van der Waals surface area contributed by atoms with E-state index in [4.69, 9.17) is 0 Å². The van der Waals surface area contributed by atoms with E-state index in [-0.39, 0.29) is 0 Å². The zero-order valence-electron chi connectivity index (χ0n) is 11.9. The van der Waals surface area contributed by atoms with E-state index >= 15 is 0 Å². The van der Waals surface area contributed by atoms with E-state index in [2.05, 4.69) is 38.0 Å². The lowest BCUT2D eigenvalue weighted by atomic mass is 9.68. The molecule has 0 saturated heterocycles. The predicted molar refractivity (Wildman–Crippen MR) is 76.7 cm³/mol. The largest absolute Gasteiger partial charge is 0.308 e. The smallest absolute Gasteiger partial charge is 0.0897 e. The van der Waals surface area contributed by atoms with Crippen molar-refractivity contribution in [2.24, 2.45) is 16.7 Å². The Labute approximate surface area is 114 Å². The summed E-state index contributed by atoms with van der Waals surface area (Å²) in [5.74, 6) is 0.920. The van der Waals surface area contributed by atoms with Crippen LogP contribution >= 0.6 is 11.3 Å². The molecule has 2 aliphatic carbocycles. The molecule has 1 heterocycles. The van der Waals surface area contributed by atoms with Crippen LogP contribution in [0.5, 0.6) is 0 Å². The third kappa shape index (κ3) is 1.83. The van der Waals surface area contributed by atoms with Crippen molar-refractivity contribution in [1.82, 2.24) is 10.3 Å². The fourth-order valence-electron chi connectivity index (χ4n) is 4.50. The highest BCUT2D eigenvalue weighted by Gasteiger charge is 2.58. The van der Waals surface area contributed by atoms with E-state index in [9.17, 15) is 0 Å². The van der Waals surface area contributed by atoms with Gasteiger partial charge in [-0.15, -0.1) is 11.3 Å². The summed E-state index contributed by atoms with van der Waals surface area (Å²) >= 11 is 1.82. The maximum absolute atomic E-state index is 4.34. The quantitative estimate of drug-likeness (QED) is 0.899. The molecule has 0 aliphatic heterocycles. The van der Waals surface area contributed by atoms with Crippen molar-refractivity contribution in [2.45, 2.75) is 59.5 Å². The number of fused-ring (bicyclic) bond motifs is 2. The second-order valence-corrected chi connectivity index (χ2v) is 8.39. The van der Waals surface area contributed by atoms with Crippen molar-refractivity contribution < 1.29 is 0 Å². The second-order valence-electron chi connectivity index (χ2n) is 7.07. The lowest BCUT2D eigenvalue weighted by Gasteiger charge is -2.43. The lowest BCUT2D eigenvalue weighted by Crippen LogP contribution is -2.49. The highest BCUT2D eigenvalue weighted by atomic mass is 32.1. The third-order valence-electron chi connectivity index (χ3n) is 5.42. The van der Waals surface area contributed by atoms with Gasteiger partial charge < -0.3 is 5.32 Å². The second kappa shape index (κ2) is 4.04. The van der Waals surface area contributed by atoms with Gasteiger partial charge in [0.1, 0.15) is 0 Å². The van der Waals surface area contributed by atoms with Crippen molar-refractivity contribution in [1.29, 1.82) is 0 Å². The molecule has 3 unspecified atom stereocenters. The topological polar surface area (TPSA) is 24.9 Å². The summed E-state index contributed by atoms with van der Waals surface area (Å²) in [6.07, 6.45) is 6.27. The maximum Gasteiger partial charge on any atom is 0.0897 e. The number of hydrogen-bond donors (Lipinski definition) is 1. The number of aromatic nitrogens is 1. The van der Waals surface area contributed by atoms with E-state index in [1.54, 1.807) is 0 Å². The molecule has 2 bridgehead atoms. The number of rotatable bonds is 3. The van der Waals surface area contributed by atoms with Crippen molar-refractivity contribution >= 4 is 11.3 Å². The van der Waals surface area contributed by atoms with Gasteiger partial charge >= 0.3 is 0 Å². The average Bonchev–Trinajstić information content (AvgIpc) is 2.89. The fourth-order valence-corrected chi connectivity index (χ4v) is 5.25. The number of thiazole rings is 1. The van der Waals surface area contributed by atoms with Crippen LogP contribution < -0.4 is 5.32 Å². The van der Waals surface area contributed by atoms with Gasteiger partial charge in [-0.2, -0.15) is 0 Å². The van der Waals surface area contributed by atoms with E-state index < -0.39 is 0 Å². The molecule has 18 heavy (non-hydrogen) atoms. The van der Waals surface area contributed by atoms with E-state index in [1.165, 1.54) is 29.1 Å². The number of nitrogens with zero attached hydrogens (tertiary/aromatic N) is 1. The molecule has 100 valence electrons. The molecule has 3 rings (SSSR count). The molecule has 2 saturated carbocycles. The average molecular weight is 264 g/mol. The first-order chi connectivity index (χ1) is 8.42. The van der Waals surface area contributed by atoms with Gasteiger partial charge in [0.25, 0.3) is 0 Å². The molecular weight excluding hydrogens is 240 g/mol. The van der Waals surface area contributed by atoms with Gasteiger partial charge in [0.15, 0.2) is 0 Å². The first kappa shape index (κ1) is 12.6. The fraction of sp³-hybridized carbons (Fsp3) is 0.800. The minimum absolute atomic E-state index is 0.451. The van der Waals surface area contributed by atoms with Crippen LogP contribution in [0.3, 0.4) is 0 Å².